The molecular weight excluding hydrogens is 1820 g/mol. The fourth-order valence-corrected chi connectivity index (χ4v) is 12.8. The maximum absolute atomic E-state index is 13.9. The zero-order valence-electron chi connectivity index (χ0n) is 97.7. The second-order valence-electron chi connectivity index (χ2n) is 50.0. The maximum atomic E-state index is 13.9. The van der Waals surface area contributed by atoms with Crippen molar-refractivity contribution in [3.05, 3.63) is 18.3 Å². The van der Waals surface area contributed by atoms with E-state index in [-0.39, 0.29) is 50.6 Å². The minimum Gasteiger partial charge on any atom is -0.486 e. The zero-order valence-corrected chi connectivity index (χ0v) is 97.7. The van der Waals surface area contributed by atoms with Gasteiger partial charge in [-0.15, -0.1) is 0 Å². The van der Waals surface area contributed by atoms with E-state index in [9.17, 15) is 26.3 Å². The molecule has 0 unspecified atom stereocenters. The van der Waals surface area contributed by atoms with Crippen LogP contribution in [0, 0.1) is 0 Å². The van der Waals surface area contributed by atoms with Crippen LogP contribution in [-0.4, -0.2) is 425 Å². The van der Waals surface area contributed by atoms with Crippen molar-refractivity contribution in [3.63, 3.8) is 0 Å². The third-order valence-electron chi connectivity index (χ3n) is 20.7. The second kappa shape index (κ2) is 68.3. The van der Waals surface area contributed by atoms with E-state index in [1.165, 1.54) is 6.20 Å². The van der Waals surface area contributed by atoms with Crippen molar-refractivity contribution in [3.8, 4) is 5.75 Å². The van der Waals surface area contributed by atoms with Gasteiger partial charge in [0, 0.05) is 177 Å². The highest BCUT2D eigenvalue weighted by molar-refractivity contribution is 5.41. The molecule has 1 aromatic heterocycles. The highest BCUT2D eigenvalue weighted by Crippen LogP contribution is 2.28. The molecule has 0 radical (unpaired) electrons. The summed E-state index contributed by atoms with van der Waals surface area (Å²) in [5.74, 6) is -7.76. The van der Waals surface area contributed by atoms with Crippen LogP contribution in [0.4, 0.5) is 32.2 Å². The molecule has 1 aromatic rings. The number of hydroxylamine groups is 2. The van der Waals surface area contributed by atoms with Crippen molar-refractivity contribution in [1.82, 2.24) is 55.4 Å². The third-order valence-corrected chi connectivity index (χ3v) is 20.7. The largest absolute Gasteiger partial charge is 0.486 e. The van der Waals surface area contributed by atoms with Gasteiger partial charge in [0.05, 0.1) is 157 Å². The number of hydrogen-bond donors (Lipinski definition) is 3. The predicted octanol–water partition coefficient (Wildman–Crippen LogP) is 18.0. The SMILES string of the molecule is CC(C)(C)NCCOCCOC(C)(C)C.CC(C)(C)NCCOCCOCCN1CCN(C(C)(C)C)CC1.CC(C)(C)NCCOCCOCCN1CCN(CCOC(C)(C)C)CC1.CC(C)(C)OCC(F)(F)COC(C)(C)C.CC(C)(C)OCC(F)(F)CON1CCN(C(C)(C)C)CC1.CC(C)(C)OCC(F)(F)COc1ccc(N2CCN(C(C)(C)C)CC2)nc1.CC(C)OCCOCCOC(C)(C)C. The summed E-state index contributed by atoms with van der Waals surface area (Å²) in [4.78, 5) is 26.6. The van der Waals surface area contributed by atoms with Gasteiger partial charge in [-0.3, -0.25) is 34.2 Å². The zero-order chi connectivity index (χ0) is 109. The maximum Gasteiger partial charge on any atom is 0.304 e. The van der Waals surface area contributed by atoms with Gasteiger partial charge in [0.2, 0.25) is 0 Å². The quantitative estimate of drug-likeness (QED) is 0.0407. The number of rotatable bonds is 49. The van der Waals surface area contributed by atoms with Crippen LogP contribution >= 0.6 is 0 Å². The molecule has 0 aliphatic carbocycles. The van der Waals surface area contributed by atoms with Crippen molar-refractivity contribution in [2.24, 2.45) is 0 Å². The lowest BCUT2D eigenvalue weighted by Crippen LogP contribution is -2.53. The van der Waals surface area contributed by atoms with Crippen LogP contribution in [0.1, 0.15) is 284 Å². The van der Waals surface area contributed by atoms with Crippen molar-refractivity contribution in [2.75, 3.05) is 294 Å². The van der Waals surface area contributed by atoms with E-state index >= 15 is 0 Å². The number of anilines is 1. The average molecular weight is 2040 g/mol. The molecule has 0 spiro atoms. The van der Waals surface area contributed by atoms with Gasteiger partial charge >= 0.3 is 5.92 Å². The minimum atomic E-state index is -3.05. The summed E-state index contributed by atoms with van der Waals surface area (Å²) in [5, 5.41) is 11.8. The molecule has 4 aliphatic heterocycles. The molecule has 141 heavy (non-hydrogen) atoms. The number of pyridine rings is 1. The highest BCUT2D eigenvalue weighted by Gasteiger charge is 2.38. The standard InChI is InChI=1S/C20H33F2N3O2.C20H43N3O3.C18H39N3O2.C15H30F2N2O2.C12H27NO2.C11H22F2O2.C11H24O3/c1-18(2,3)25-11-9-24(10-12-25)17-8-7-16(13-23-17)26-14-20(21,22)15-27-19(4,5)6;1-19(2,3)21-7-14-24-17-18-25-15-12-22-8-10-23(11-9-22)13-16-26-20(4,5)6;1-17(2,3)19-7-13-22-15-16-23-14-12-20-8-10-21(11-9-20)18(4,5)6;1-13(2,3)18-7-9-19(10-8-18)21-12-15(16,17)11-20-14(4,5)6;1-11(2,3)13-7-8-14-9-10-15-12(4,5)6;1-9(2,3)14-7-11(12,13)8-15-10(4,5)6;1-10(2)13-8-6-12-7-9-14-11(3,4)5/h7-8,13H,9-12,14-15H2,1-6H3;21H,7-18H2,1-6H3;19H,7-16H2,1-6H3;7-12H2,1-6H3;13H,7-10H2,1-6H3;7-8H2,1-6H3;10H,6-9H2,1-5H3. The first-order valence-corrected chi connectivity index (χ1v) is 52.2. The summed E-state index contributed by atoms with van der Waals surface area (Å²) < 4.78 is 163. The molecule has 4 saturated heterocycles. The van der Waals surface area contributed by atoms with Gasteiger partial charge in [-0.1, -0.05) is 0 Å². The van der Waals surface area contributed by atoms with Crippen LogP contribution in [-0.2, 0) is 71.2 Å². The van der Waals surface area contributed by atoms with Crippen molar-refractivity contribution < 1.29 is 102 Å². The molecule has 4 fully saturated rings. The Morgan fingerprint density at radius 1 is 0.284 bits per heavy atom. The minimum absolute atomic E-state index is 0.0357. The molecule has 844 valence electrons. The topological polar surface area (TPSA) is 223 Å². The highest BCUT2D eigenvalue weighted by atomic mass is 19.3. The van der Waals surface area contributed by atoms with Gasteiger partial charge in [0.1, 0.15) is 44.6 Å². The van der Waals surface area contributed by atoms with Crippen LogP contribution in [0.5, 0.6) is 5.75 Å². The molecule has 0 atom stereocenters. The van der Waals surface area contributed by atoms with Gasteiger partial charge in [0.15, 0.2) is 6.61 Å². The normalized spacial score (nSPS) is 16.8. The molecule has 0 aromatic carbocycles. The summed E-state index contributed by atoms with van der Waals surface area (Å²) in [6.45, 7) is 112. The molecule has 34 heteroatoms. The lowest BCUT2D eigenvalue weighted by molar-refractivity contribution is -0.240. The van der Waals surface area contributed by atoms with Crippen LogP contribution < -0.4 is 25.6 Å². The number of nitrogens with zero attached hydrogens (tertiary/aromatic N) is 9. The molecule has 3 N–H and O–H groups in total. The number of aromatic nitrogens is 1. The fourth-order valence-electron chi connectivity index (χ4n) is 12.8. The van der Waals surface area contributed by atoms with E-state index in [0.29, 0.717) is 90.4 Å². The monoisotopic (exact) mass is 2040 g/mol. The van der Waals surface area contributed by atoms with E-state index in [2.05, 4.69) is 201 Å². The van der Waals surface area contributed by atoms with Crippen LogP contribution in [0.2, 0.25) is 0 Å². The number of nitrogens with one attached hydrogen (secondary N) is 3. The third kappa shape index (κ3) is 92.0. The summed E-state index contributed by atoms with van der Waals surface area (Å²) in [7, 11) is 0. The van der Waals surface area contributed by atoms with E-state index < -0.39 is 79.8 Å². The first-order valence-electron chi connectivity index (χ1n) is 52.2. The van der Waals surface area contributed by atoms with E-state index in [4.69, 9.17) is 75.9 Å². The Labute approximate surface area is 857 Å². The summed E-state index contributed by atoms with van der Waals surface area (Å²) in [5.41, 5.74) is -1.39. The molecule has 4 aliphatic rings. The average Bonchev–Trinajstić information content (AvgIpc) is 0.921. The van der Waals surface area contributed by atoms with Crippen LogP contribution in [0.25, 0.3) is 0 Å². The number of alkyl halides is 6. The Morgan fingerprint density at radius 2 is 0.546 bits per heavy atom. The Morgan fingerprint density at radius 3 is 0.844 bits per heavy atom. The number of piperazine rings is 4. The fraction of sp³-hybridized carbons (Fsp3) is 0.953. The Hall–Kier alpha value is -2.67. The lowest BCUT2D eigenvalue weighted by atomic mass is 10.1. The molecule has 0 bridgehead atoms. The summed E-state index contributed by atoms with van der Waals surface area (Å²) in [6, 6.07) is 3.52. The molecule has 28 nitrogen and oxygen atoms in total. The van der Waals surface area contributed by atoms with Gasteiger partial charge in [-0.05, 0) is 296 Å². The molecule has 0 amide bonds. The Balaban J connectivity index is 0. The van der Waals surface area contributed by atoms with Crippen molar-refractivity contribution in [2.45, 2.75) is 380 Å². The van der Waals surface area contributed by atoms with Gasteiger partial charge in [0.25, 0.3) is 11.8 Å². The number of halogens is 6. The van der Waals surface area contributed by atoms with Gasteiger partial charge < -0.3 is 91.9 Å². The van der Waals surface area contributed by atoms with E-state index in [1.807, 2.05) is 61.5 Å². The Kier molecular flexibility index (Phi) is 68.0. The molecule has 5 rings (SSSR count). The van der Waals surface area contributed by atoms with Crippen molar-refractivity contribution >= 4 is 5.82 Å². The van der Waals surface area contributed by atoms with Gasteiger partial charge in [-0.25, -0.2) is 31.3 Å². The van der Waals surface area contributed by atoms with E-state index in [1.54, 1.807) is 94.2 Å². The molecule has 0 saturated carbocycles. The molecule has 5 heterocycles. The number of ether oxygens (including phenoxy) is 15. The summed E-state index contributed by atoms with van der Waals surface area (Å²) in [6.07, 6.45) is 1.79. The second-order valence-corrected chi connectivity index (χ2v) is 50.0. The number of hydrogen-bond acceptors (Lipinski definition) is 28. The first-order chi connectivity index (χ1) is 64.1. The lowest BCUT2D eigenvalue weighted by Gasteiger charge is -2.42. The van der Waals surface area contributed by atoms with E-state index in [0.717, 1.165) is 176 Å². The summed E-state index contributed by atoms with van der Waals surface area (Å²) >= 11 is 0. The predicted molar refractivity (Wildman–Crippen MR) is 567 cm³/mol. The van der Waals surface area contributed by atoms with Crippen LogP contribution in [0.3, 0.4) is 0 Å². The molecular formula is C107H218F6N12O16. The van der Waals surface area contributed by atoms with Crippen LogP contribution in [0.15, 0.2) is 18.3 Å². The first kappa shape index (κ1) is 140. The smallest absolute Gasteiger partial charge is 0.304 e. The van der Waals surface area contributed by atoms with Crippen molar-refractivity contribution in [1.29, 1.82) is 0 Å². The Bertz CT molecular complexity index is 3120. The van der Waals surface area contributed by atoms with Gasteiger partial charge in [-0.2, -0.15) is 5.06 Å².